The van der Waals surface area contributed by atoms with Gasteiger partial charge < -0.3 is 14.8 Å². The molecule has 0 aliphatic carbocycles. The zero-order chi connectivity index (χ0) is 16.9. The molecule has 0 radical (unpaired) electrons. The van der Waals surface area contributed by atoms with Crippen LogP contribution in [0.4, 0.5) is 0 Å². The van der Waals surface area contributed by atoms with E-state index in [4.69, 9.17) is 0 Å². The van der Waals surface area contributed by atoms with Crippen molar-refractivity contribution >= 4 is 11.8 Å². The average Bonchev–Trinajstić information content (AvgIpc) is 2.59. The van der Waals surface area contributed by atoms with E-state index in [2.05, 4.69) is 5.32 Å². The second kappa shape index (κ2) is 7.12. The molecule has 124 valence electrons. The monoisotopic (exact) mass is 325 g/mol. The van der Waals surface area contributed by atoms with Crippen LogP contribution in [0, 0.1) is 0 Å². The van der Waals surface area contributed by atoms with E-state index < -0.39 is 6.04 Å². The van der Waals surface area contributed by atoms with Crippen LogP contribution in [0.5, 0.6) is 0 Å². The summed E-state index contributed by atoms with van der Waals surface area (Å²) in [4.78, 5) is 38.3. The van der Waals surface area contributed by atoms with Gasteiger partial charge in [0, 0.05) is 31.8 Å². The Morgan fingerprint density at radius 3 is 2.58 bits per heavy atom. The van der Waals surface area contributed by atoms with Gasteiger partial charge in [0.15, 0.2) is 0 Å². The summed E-state index contributed by atoms with van der Waals surface area (Å²) in [5.41, 5.74) is 0.765. The van der Waals surface area contributed by atoms with E-state index in [9.17, 15) is 14.4 Å². The normalized spacial score (nSPS) is 17.4. The number of nitrogens with zero attached hydrogens (tertiary/aromatic N) is 2. The molecule has 6 heteroatoms. The van der Waals surface area contributed by atoms with Gasteiger partial charge in [-0.25, -0.2) is 0 Å². The predicted octanol–water partition coefficient (Wildman–Crippen LogP) is 0.418. The number of piperazine rings is 1. The Hall–Kier alpha value is -2.89. The van der Waals surface area contributed by atoms with E-state index in [1.54, 1.807) is 23.2 Å². The van der Waals surface area contributed by atoms with Crippen LogP contribution in [0.25, 0.3) is 0 Å². The number of rotatable bonds is 4. The van der Waals surface area contributed by atoms with Crippen molar-refractivity contribution in [2.45, 2.75) is 19.0 Å². The van der Waals surface area contributed by atoms with Gasteiger partial charge in [-0.1, -0.05) is 36.4 Å². The van der Waals surface area contributed by atoms with E-state index in [1.165, 1.54) is 10.6 Å². The fraction of sp³-hybridized carbons (Fsp3) is 0.278. The zero-order valence-electron chi connectivity index (χ0n) is 13.2. The molecule has 2 amide bonds. The molecule has 1 aliphatic rings. The molecule has 1 N–H and O–H groups in total. The van der Waals surface area contributed by atoms with Crippen molar-refractivity contribution in [3.8, 4) is 0 Å². The van der Waals surface area contributed by atoms with Crippen molar-refractivity contribution in [2.24, 2.45) is 0 Å². The molecule has 1 aliphatic heterocycles. The summed E-state index contributed by atoms with van der Waals surface area (Å²) in [5, 5.41) is 2.81. The van der Waals surface area contributed by atoms with Crippen molar-refractivity contribution in [3.63, 3.8) is 0 Å². The number of benzene rings is 1. The van der Waals surface area contributed by atoms with Crippen LogP contribution in [-0.2, 0) is 22.6 Å². The minimum absolute atomic E-state index is 0.0573. The number of carbonyl (C=O) groups excluding carboxylic acids is 2. The zero-order valence-corrected chi connectivity index (χ0v) is 13.2. The Morgan fingerprint density at radius 1 is 1.08 bits per heavy atom. The third kappa shape index (κ3) is 3.53. The van der Waals surface area contributed by atoms with Crippen LogP contribution >= 0.6 is 0 Å². The van der Waals surface area contributed by atoms with Crippen LogP contribution in [0.1, 0.15) is 5.56 Å². The summed E-state index contributed by atoms with van der Waals surface area (Å²) in [6, 6.07) is 13.8. The Kier molecular flexibility index (Phi) is 4.74. The van der Waals surface area contributed by atoms with Crippen LogP contribution in [-0.4, -0.2) is 40.4 Å². The molecule has 0 spiro atoms. The molecule has 0 bridgehead atoms. The first kappa shape index (κ1) is 16.0. The minimum atomic E-state index is -0.548. The fourth-order valence-corrected chi connectivity index (χ4v) is 2.88. The molecule has 24 heavy (non-hydrogen) atoms. The molecule has 0 saturated carbocycles. The lowest BCUT2D eigenvalue weighted by molar-refractivity contribution is -0.143. The third-order valence-electron chi connectivity index (χ3n) is 4.13. The van der Waals surface area contributed by atoms with Crippen molar-refractivity contribution in [3.05, 3.63) is 70.6 Å². The van der Waals surface area contributed by atoms with Crippen molar-refractivity contribution in [2.75, 3.05) is 13.1 Å². The van der Waals surface area contributed by atoms with Crippen molar-refractivity contribution in [1.29, 1.82) is 0 Å². The molecule has 2 aromatic rings. The van der Waals surface area contributed by atoms with Crippen molar-refractivity contribution < 1.29 is 9.59 Å². The number of amides is 2. The number of hydrogen-bond donors (Lipinski definition) is 1. The highest BCUT2D eigenvalue weighted by Crippen LogP contribution is 2.13. The van der Waals surface area contributed by atoms with Gasteiger partial charge >= 0.3 is 0 Å². The first-order valence-electron chi connectivity index (χ1n) is 7.92. The van der Waals surface area contributed by atoms with Crippen LogP contribution in [0.15, 0.2) is 59.5 Å². The lowest BCUT2D eigenvalue weighted by Gasteiger charge is -2.35. The smallest absolute Gasteiger partial charge is 0.250 e. The summed E-state index contributed by atoms with van der Waals surface area (Å²) in [5.74, 6) is -0.377. The Bertz CT molecular complexity index is 785. The number of aromatic nitrogens is 1. The van der Waals surface area contributed by atoms with Crippen LogP contribution in [0.3, 0.4) is 0 Å². The van der Waals surface area contributed by atoms with Gasteiger partial charge in [0.1, 0.15) is 12.6 Å². The number of pyridine rings is 1. The number of nitrogens with one attached hydrogen (secondary N) is 1. The summed E-state index contributed by atoms with van der Waals surface area (Å²) >= 11 is 0. The molecule has 0 unspecified atom stereocenters. The molecule has 2 heterocycles. The summed E-state index contributed by atoms with van der Waals surface area (Å²) in [6.07, 6.45) is 2.04. The molecular formula is C18H19N3O3. The highest BCUT2D eigenvalue weighted by atomic mass is 16.2. The van der Waals surface area contributed by atoms with Gasteiger partial charge in [-0.2, -0.15) is 0 Å². The number of hydrogen-bond acceptors (Lipinski definition) is 3. The summed E-state index contributed by atoms with van der Waals surface area (Å²) < 4.78 is 1.36. The molecule has 6 nitrogen and oxygen atoms in total. The second-order valence-electron chi connectivity index (χ2n) is 5.75. The molecule has 1 aromatic carbocycles. The molecule has 1 atom stereocenters. The maximum atomic E-state index is 12.7. The SMILES string of the molecule is O=C1NCCN(C(=O)Cn2ccccc2=O)[C@@H]1Cc1ccccc1. The van der Waals surface area contributed by atoms with Crippen LogP contribution in [0.2, 0.25) is 0 Å². The Balaban J connectivity index is 1.78. The maximum absolute atomic E-state index is 12.7. The maximum Gasteiger partial charge on any atom is 0.250 e. The Morgan fingerprint density at radius 2 is 1.83 bits per heavy atom. The standard InChI is InChI=1S/C18H19N3O3/c22-16-8-4-5-10-20(16)13-17(23)21-11-9-19-18(24)15(21)12-14-6-2-1-3-7-14/h1-8,10,15H,9,11-13H2,(H,19,24)/t15-/m1/s1. The van der Waals surface area contributed by atoms with E-state index in [1.807, 2.05) is 30.3 Å². The first-order chi connectivity index (χ1) is 11.6. The first-order valence-corrected chi connectivity index (χ1v) is 7.92. The van der Waals surface area contributed by atoms with Gasteiger partial charge in [0.25, 0.3) is 5.56 Å². The van der Waals surface area contributed by atoms with Gasteiger partial charge in [0.05, 0.1) is 0 Å². The quantitative estimate of drug-likeness (QED) is 0.885. The molecule has 1 fully saturated rings. The fourth-order valence-electron chi connectivity index (χ4n) is 2.88. The Labute approximate surface area is 139 Å². The summed E-state index contributed by atoms with van der Waals surface area (Å²) in [6.45, 7) is 0.821. The van der Waals surface area contributed by atoms with E-state index in [-0.39, 0.29) is 23.9 Å². The third-order valence-corrected chi connectivity index (χ3v) is 4.13. The highest BCUT2D eigenvalue weighted by molar-refractivity contribution is 5.89. The molecule has 1 aromatic heterocycles. The van der Waals surface area contributed by atoms with Gasteiger partial charge in [-0.15, -0.1) is 0 Å². The van der Waals surface area contributed by atoms with Gasteiger partial charge in [-0.05, 0) is 11.6 Å². The molecule has 3 rings (SSSR count). The molecule has 1 saturated heterocycles. The number of carbonyl (C=O) groups is 2. The lowest BCUT2D eigenvalue weighted by atomic mass is 10.0. The van der Waals surface area contributed by atoms with Gasteiger partial charge in [0.2, 0.25) is 11.8 Å². The average molecular weight is 325 g/mol. The second-order valence-corrected chi connectivity index (χ2v) is 5.75. The summed E-state index contributed by atoms with van der Waals surface area (Å²) in [7, 11) is 0. The topological polar surface area (TPSA) is 71.4 Å². The predicted molar refractivity (Wildman–Crippen MR) is 89.4 cm³/mol. The highest BCUT2D eigenvalue weighted by Gasteiger charge is 2.33. The lowest BCUT2D eigenvalue weighted by Crippen LogP contribution is -2.58. The minimum Gasteiger partial charge on any atom is -0.353 e. The molecular weight excluding hydrogens is 306 g/mol. The van der Waals surface area contributed by atoms with E-state index in [0.29, 0.717) is 19.5 Å². The van der Waals surface area contributed by atoms with Crippen molar-refractivity contribution in [1.82, 2.24) is 14.8 Å². The van der Waals surface area contributed by atoms with Gasteiger partial charge in [-0.3, -0.25) is 14.4 Å². The van der Waals surface area contributed by atoms with Crippen LogP contribution < -0.4 is 10.9 Å². The largest absolute Gasteiger partial charge is 0.353 e. The van der Waals surface area contributed by atoms with E-state index >= 15 is 0 Å². The van der Waals surface area contributed by atoms with E-state index in [0.717, 1.165) is 5.56 Å².